The van der Waals surface area contributed by atoms with Gasteiger partial charge in [-0.1, -0.05) is 12.1 Å². The van der Waals surface area contributed by atoms with E-state index in [1.165, 1.54) is 12.1 Å². The van der Waals surface area contributed by atoms with E-state index in [-0.39, 0.29) is 5.56 Å². The average Bonchev–Trinajstić information content (AvgIpc) is 3.25. The largest absolute Gasteiger partial charge is 0.457 e. The van der Waals surface area contributed by atoms with Gasteiger partial charge in [0.15, 0.2) is 0 Å². The minimum absolute atomic E-state index is 0.0905. The normalized spacial score (nSPS) is 12.8. The van der Waals surface area contributed by atoms with E-state index in [0.29, 0.717) is 17.2 Å². The lowest BCUT2D eigenvalue weighted by molar-refractivity contribution is -0.137. The molecule has 0 bridgehead atoms. The number of benzene rings is 2. The van der Waals surface area contributed by atoms with Crippen LogP contribution in [0.4, 0.5) is 24.7 Å². The van der Waals surface area contributed by atoms with Crippen molar-refractivity contribution in [1.82, 2.24) is 9.97 Å². The zero-order valence-corrected chi connectivity index (χ0v) is 19.2. The highest BCUT2D eigenvalue weighted by atomic mass is 19.4. The number of hydrogen-bond donors (Lipinski definition) is 1. The van der Waals surface area contributed by atoms with Gasteiger partial charge in [0.1, 0.15) is 17.3 Å². The van der Waals surface area contributed by atoms with Crippen LogP contribution in [0.2, 0.25) is 0 Å². The summed E-state index contributed by atoms with van der Waals surface area (Å²) in [4.78, 5) is 23.6. The Balaban J connectivity index is 1.41. The molecular weight excluding hydrogens is 469 g/mol. The van der Waals surface area contributed by atoms with Gasteiger partial charge in [0.2, 0.25) is 0 Å². The third-order valence-corrected chi connectivity index (χ3v) is 5.85. The first-order chi connectivity index (χ1) is 17.3. The first kappa shape index (κ1) is 23.3. The first-order valence-electron chi connectivity index (χ1n) is 11.2. The van der Waals surface area contributed by atoms with Crippen molar-refractivity contribution in [2.24, 2.45) is 0 Å². The van der Waals surface area contributed by atoms with Crippen LogP contribution >= 0.6 is 0 Å². The molecule has 1 N–H and O–H groups in total. The fourth-order valence-electron chi connectivity index (χ4n) is 4.03. The Labute approximate surface area is 205 Å². The molecule has 0 unspecified atom stereocenters. The zero-order chi connectivity index (χ0) is 25.3. The molecular formula is C27H21F3N4O2. The summed E-state index contributed by atoms with van der Waals surface area (Å²) in [6, 6.07) is 16.6. The molecule has 6 nitrogen and oxygen atoms in total. The summed E-state index contributed by atoms with van der Waals surface area (Å²) < 4.78 is 45.3. The van der Waals surface area contributed by atoms with Crippen molar-refractivity contribution in [2.75, 3.05) is 23.8 Å². The zero-order valence-electron chi connectivity index (χ0n) is 19.2. The van der Waals surface area contributed by atoms with E-state index in [0.717, 1.165) is 47.7 Å². The number of nitrogens with zero attached hydrogens (tertiary/aromatic N) is 3. The molecule has 182 valence electrons. The van der Waals surface area contributed by atoms with Crippen LogP contribution in [0.5, 0.6) is 11.5 Å². The number of amides is 1. The van der Waals surface area contributed by atoms with Gasteiger partial charge < -0.3 is 15.0 Å². The standard InChI is InChI=1S/C27H21F3N4O2/c1-34-12-10-22-24(15-23(33-25(22)34)18-6-4-11-31-16-18)36-21-9-3-8-20(14-21)32-26(35)17-5-2-7-19(13-17)27(28,29)30/h2-9,11,13-16H,10,12H2,1H3,(H,32,35). The fraction of sp³-hybridized carbons (Fsp3) is 0.148. The van der Waals surface area contributed by atoms with E-state index in [1.807, 2.05) is 25.2 Å². The summed E-state index contributed by atoms with van der Waals surface area (Å²) in [7, 11) is 1.97. The fourth-order valence-corrected chi connectivity index (χ4v) is 4.03. The maximum absolute atomic E-state index is 13.0. The molecule has 1 aliphatic rings. The number of anilines is 2. The number of nitrogens with one attached hydrogen (secondary N) is 1. The van der Waals surface area contributed by atoms with Crippen LogP contribution in [-0.2, 0) is 12.6 Å². The Morgan fingerprint density at radius 2 is 1.89 bits per heavy atom. The van der Waals surface area contributed by atoms with Crippen LogP contribution in [0, 0.1) is 0 Å². The number of hydrogen-bond acceptors (Lipinski definition) is 5. The van der Waals surface area contributed by atoms with Gasteiger partial charge in [-0.25, -0.2) is 4.98 Å². The van der Waals surface area contributed by atoms with Crippen LogP contribution in [-0.4, -0.2) is 29.5 Å². The van der Waals surface area contributed by atoms with Gasteiger partial charge in [-0.05, 0) is 48.9 Å². The van der Waals surface area contributed by atoms with E-state index in [2.05, 4.69) is 15.2 Å². The number of likely N-dealkylation sites (N-methyl/N-ethyl adjacent to an activating group) is 1. The van der Waals surface area contributed by atoms with Crippen molar-refractivity contribution in [2.45, 2.75) is 12.6 Å². The maximum Gasteiger partial charge on any atom is 0.416 e. The molecule has 36 heavy (non-hydrogen) atoms. The first-order valence-corrected chi connectivity index (χ1v) is 11.2. The average molecular weight is 490 g/mol. The highest BCUT2D eigenvalue weighted by molar-refractivity contribution is 6.04. The Kier molecular flexibility index (Phi) is 6.05. The molecule has 0 spiro atoms. The van der Waals surface area contributed by atoms with Crippen LogP contribution in [0.3, 0.4) is 0 Å². The number of ether oxygens (including phenoxy) is 1. The number of alkyl halides is 3. The molecule has 2 aromatic carbocycles. The number of carbonyl (C=O) groups excluding carboxylic acids is 1. The lowest BCUT2D eigenvalue weighted by atomic mass is 10.1. The van der Waals surface area contributed by atoms with Crippen molar-refractivity contribution < 1.29 is 22.7 Å². The van der Waals surface area contributed by atoms with Crippen molar-refractivity contribution in [1.29, 1.82) is 0 Å². The molecule has 0 atom stereocenters. The quantitative estimate of drug-likeness (QED) is 0.361. The topological polar surface area (TPSA) is 67.3 Å². The monoisotopic (exact) mass is 490 g/mol. The summed E-state index contributed by atoms with van der Waals surface area (Å²) >= 11 is 0. The van der Waals surface area contributed by atoms with Crippen molar-refractivity contribution in [3.05, 3.63) is 95.8 Å². The second-order valence-electron chi connectivity index (χ2n) is 8.38. The van der Waals surface area contributed by atoms with Crippen molar-refractivity contribution in [3.63, 3.8) is 0 Å². The van der Waals surface area contributed by atoms with Gasteiger partial charge in [0.25, 0.3) is 5.91 Å². The van der Waals surface area contributed by atoms with Crippen LogP contribution in [0.1, 0.15) is 21.5 Å². The van der Waals surface area contributed by atoms with Gasteiger partial charge in [0, 0.05) is 60.5 Å². The third kappa shape index (κ3) is 4.86. The summed E-state index contributed by atoms with van der Waals surface area (Å²) in [5.74, 6) is 1.30. The van der Waals surface area contributed by atoms with E-state index >= 15 is 0 Å². The van der Waals surface area contributed by atoms with Gasteiger partial charge in [-0.2, -0.15) is 13.2 Å². The summed E-state index contributed by atoms with van der Waals surface area (Å²) in [5.41, 5.74) is 1.97. The Hall–Kier alpha value is -4.40. The van der Waals surface area contributed by atoms with Crippen LogP contribution < -0.4 is 15.0 Å². The molecule has 9 heteroatoms. The number of fused-ring (bicyclic) bond motifs is 1. The minimum atomic E-state index is -4.53. The second-order valence-corrected chi connectivity index (χ2v) is 8.38. The number of halogens is 3. The summed E-state index contributed by atoms with van der Waals surface area (Å²) in [6.45, 7) is 0.808. The molecule has 0 saturated carbocycles. The van der Waals surface area contributed by atoms with Crippen LogP contribution in [0.25, 0.3) is 11.3 Å². The lowest BCUT2D eigenvalue weighted by Crippen LogP contribution is -2.14. The molecule has 1 aliphatic heterocycles. The molecule has 0 fully saturated rings. The van der Waals surface area contributed by atoms with E-state index < -0.39 is 17.6 Å². The van der Waals surface area contributed by atoms with E-state index in [4.69, 9.17) is 9.72 Å². The van der Waals surface area contributed by atoms with E-state index in [1.54, 1.807) is 36.7 Å². The predicted molar refractivity (Wildman–Crippen MR) is 130 cm³/mol. The predicted octanol–water partition coefficient (Wildman–Crippen LogP) is 6.20. The van der Waals surface area contributed by atoms with Gasteiger partial charge in [-0.3, -0.25) is 9.78 Å². The molecule has 2 aromatic heterocycles. The number of pyridine rings is 2. The Morgan fingerprint density at radius 3 is 2.67 bits per heavy atom. The minimum Gasteiger partial charge on any atom is -0.457 e. The third-order valence-electron chi connectivity index (χ3n) is 5.85. The molecule has 0 aliphatic carbocycles. The maximum atomic E-state index is 13.0. The summed E-state index contributed by atoms with van der Waals surface area (Å²) in [5, 5.41) is 2.64. The molecule has 1 amide bonds. The van der Waals surface area contributed by atoms with Gasteiger partial charge in [-0.15, -0.1) is 0 Å². The number of carbonyl (C=O) groups is 1. The molecule has 3 heterocycles. The molecule has 5 rings (SSSR count). The molecule has 4 aromatic rings. The SMILES string of the molecule is CN1CCc2c(Oc3cccc(NC(=O)c4cccc(C(F)(F)F)c4)c3)cc(-c3cccnc3)nc21. The Morgan fingerprint density at radius 1 is 1.06 bits per heavy atom. The van der Waals surface area contributed by atoms with Gasteiger partial charge in [0.05, 0.1) is 11.3 Å². The van der Waals surface area contributed by atoms with Crippen molar-refractivity contribution >= 4 is 17.4 Å². The molecule has 0 radical (unpaired) electrons. The van der Waals surface area contributed by atoms with Crippen LogP contribution in [0.15, 0.2) is 79.1 Å². The lowest BCUT2D eigenvalue weighted by Gasteiger charge is -2.16. The van der Waals surface area contributed by atoms with E-state index in [9.17, 15) is 18.0 Å². The Bertz CT molecular complexity index is 1420. The van der Waals surface area contributed by atoms with Crippen molar-refractivity contribution in [3.8, 4) is 22.8 Å². The highest BCUT2D eigenvalue weighted by Gasteiger charge is 2.31. The number of aromatic nitrogens is 2. The number of rotatable bonds is 5. The van der Waals surface area contributed by atoms with Gasteiger partial charge >= 0.3 is 6.18 Å². The smallest absolute Gasteiger partial charge is 0.416 e. The molecule has 0 saturated heterocycles. The highest BCUT2D eigenvalue weighted by Crippen LogP contribution is 2.38. The second kappa shape index (κ2) is 9.33. The summed E-state index contributed by atoms with van der Waals surface area (Å²) in [6.07, 6.45) is -0.331.